The smallest absolute Gasteiger partial charge is 0.404 e. The number of carboxylic acid groups (broad SMARTS) is 1. The second-order valence-corrected chi connectivity index (χ2v) is 4.45. The van der Waals surface area contributed by atoms with Crippen molar-refractivity contribution in [2.45, 2.75) is 25.7 Å². The molecular formula is C13H22N2O6. The lowest BCUT2D eigenvalue weighted by Crippen LogP contribution is -2.18. The van der Waals surface area contributed by atoms with Crippen LogP contribution in [0.2, 0.25) is 0 Å². The third-order valence-corrected chi connectivity index (χ3v) is 2.53. The molecular weight excluding hydrogens is 280 g/mol. The van der Waals surface area contributed by atoms with Gasteiger partial charge in [-0.15, -0.1) is 0 Å². The Balaban J connectivity index is 0.000000382. The zero-order chi connectivity index (χ0) is 16.1. The standard InChI is InChI=1S/C7H11NO3.C6H11NO3/c8-6(9)4-2-1-3-5-7(10)11;7-6(8)10-4-5-1-2-9-3-5/h2,4H,1,3,5H2,(H2,8,9)(H,10,11);5H,1-4H2,(H2,7,8)/b4-2+;. The second kappa shape index (κ2) is 11.7. The second-order valence-electron chi connectivity index (χ2n) is 4.45. The minimum atomic E-state index is -0.822. The van der Waals surface area contributed by atoms with Crippen molar-refractivity contribution >= 4 is 18.0 Å². The van der Waals surface area contributed by atoms with Crippen LogP contribution in [0.5, 0.6) is 0 Å². The van der Waals surface area contributed by atoms with E-state index in [4.69, 9.17) is 21.3 Å². The molecule has 1 aliphatic rings. The van der Waals surface area contributed by atoms with Gasteiger partial charge in [0, 0.05) is 18.9 Å². The number of hydrogen-bond acceptors (Lipinski definition) is 5. The number of aliphatic carboxylic acids is 1. The van der Waals surface area contributed by atoms with Gasteiger partial charge in [0.25, 0.3) is 0 Å². The molecule has 0 spiro atoms. The van der Waals surface area contributed by atoms with E-state index in [9.17, 15) is 14.4 Å². The Labute approximate surface area is 123 Å². The fourth-order valence-corrected chi connectivity index (χ4v) is 1.49. The van der Waals surface area contributed by atoms with Crippen molar-refractivity contribution in [3.8, 4) is 0 Å². The summed E-state index contributed by atoms with van der Waals surface area (Å²) in [5.41, 5.74) is 9.56. The minimum Gasteiger partial charge on any atom is -0.481 e. The van der Waals surface area contributed by atoms with Gasteiger partial charge in [0.15, 0.2) is 0 Å². The molecule has 1 heterocycles. The number of carboxylic acids is 1. The van der Waals surface area contributed by atoms with Crippen molar-refractivity contribution in [3.05, 3.63) is 12.2 Å². The summed E-state index contributed by atoms with van der Waals surface area (Å²) < 4.78 is 9.64. The fourth-order valence-electron chi connectivity index (χ4n) is 1.49. The topological polar surface area (TPSA) is 142 Å². The van der Waals surface area contributed by atoms with E-state index in [1.165, 1.54) is 6.08 Å². The Morgan fingerprint density at radius 3 is 2.52 bits per heavy atom. The van der Waals surface area contributed by atoms with E-state index in [1.807, 2.05) is 0 Å². The predicted octanol–water partition coefficient (Wildman–Crippen LogP) is 0.401. The number of allylic oxidation sites excluding steroid dienone is 1. The molecule has 0 radical (unpaired) electrons. The highest BCUT2D eigenvalue weighted by Gasteiger charge is 2.16. The summed E-state index contributed by atoms with van der Waals surface area (Å²) in [7, 11) is 0. The summed E-state index contributed by atoms with van der Waals surface area (Å²) >= 11 is 0. The molecule has 1 aliphatic heterocycles. The highest BCUT2D eigenvalue weighted by Crippen LogP contribution is 2.11. The maximum Gasteiger partial charge on any atom is 0.404 e. The van der Waals surface area contributed by atoms with Crippen molar-refractivity contribution in [2.75, 3.05) is 19.8 Å². The van der Waals surface area contributed by atoms with E-state index in [1.54, 1.807) is 6.08 Å². The van der Waals surface area contributed by atoms with Crippen molar-refractivity contribution in [3.63, 3.8) is 0 Å². The lowest BCUT2D eigenvalue weighted by Gasteiger charge is -2.05. The number of amides is 2. The molecule has 21 heavy (non-hydrogen) atoms. The average molecular weight is 302 g/mol. The summed E-state index contributed by atoms with van der Waals surface area (Å²) in [6, 6.07) is 0. The Hall–Kier alpha value is -2.09. The lowest BCUT2D eigenvalue weighted by molar-refractivity contribution is -0.137. The van der Waals surface area contributed by atoms with E-state index in [-0.39, 0.29) is 6.42 Å². The van der Waals surface area contributed by atoms with E-state index in [0.717, 1.165) is 13.0 Å². The molecule has 1 unspecified atom stereocenters. The summed E-state index contributed by atoms with van der Waals surface area (Å²) in [4.78, 5) is 30.2. The van der Waals surface area contributed by atoms with Crippen molar-refractivity contribution in [1.29, 1.82) is 0 Å². The van der Waals surface area contributed by atoms with Crippen molar-refractivity contribution in [1.82, 2.24) is 0 Å². The van der Waals surface area contributed by atoms with Gasteiger partial charge in [-0.25, -0.2) is 4.79 Å². The molecule has 0 aromatic heterocycles. The molecule has 5 N–H and O–H groups in total. The molecule has 120 valence electrons. The van der Waals surface area contributed by atoms with Crippen LogP contribution in [-0.4, -0.2) is 42.9 Å². The van der Waals surface area contributed by atoms with Gasteiger partial charge in [0.1, 0.15) is 0 Å². The largest absolute Gasteiger partial charge is 0.481 e. The highest BCUT2D eigenvalue weighted by molar-refractivity contribution is 5.85. The number of nitrogens with two attached hydrogens (primary N) is 2. The van der Waals surface area contributed by atoms with Crippen LogP contribution in [0.15, 0.2) is 12.2 Å². The number of carbonyl (C=O) groups excluding carboxylic acids is 2. The van der Waals surface area contributed by atoms with Gasteiger partial charge in [0.05, 0.1) is 13.2 Å². The maximum absolute atomic E-state index is 10.1. The van der Waals surface area contributed by atoms with E-state index >= 15 is 0 Å². The zero-order valence-corrected chi connectivity index (χ0v) is 11.8. The third-order valence-electron chi connectivity index (χ3n) is 2.53. The first kappa shape index (κ1) is 18.9. The molecule has 8 nitrogen and oxygen atoms in total. The van der Waals surface area contributed by atoms with Crippen LogP contribution in [-0.2, 0) is 19.1 Å². The van der Waals surface area contributed by atoms with Gasteiger partial charge in [-0.3, -0.25) is 9.59 Å². The monoisotopic (exact) mass is 302 g/mol. The number of hydrogen-bond donors (Lipinski definition) is 3. The van der Waals surface area contributed by atoms with Crippen molar-refractivity contribution < 1.29 is 29.0 Å². The predicted molar refractivity (Wildman–Crippen MR) is 74.3 cm³/mol. The van der Waals surface area contributed by atoms with Gasteiger partial charge < -0.3 is 26.0 Å². The number of primary amides is 2. The maximum atomic E-state index is 10.1. The fraction of sp³-hybridized carbons (Fsp3) is 0.615. The van der Waals surface area contributed by atoms with E-state index in [0.29, 0.717) is 32.0 Å². The first-order valence-electron chi connectivity index (χ1n) is 6.59. The lowest BCUT2D eigenvalue weighted by atomic mass is 10.1. The quantitative estimate of drug-likeness (QED) is 0.459. The molecule has 1 saturated heterocycles. The summed E-state index contributed by atoms with van der Waals surface area (Å²) in [5.74, 6) is -0.967. The Morgan fingerprint density at radius 1 is 1.33 bits per heavy atom. The molecule has 0 bridgehead atoms. The molecule has 1 atom stereocenters. The molecule has 1 rings (SSSR count). The van der Waals surface area contributed by atoms with Gasteiger partial charge >= 0.3 is 12.1 Å². The first-order chi connectivity index (χ1) is 9.91. The zero-order valence-electron chi connectivity index (χ0n) is 11.8. The van der Waals surface area contributed by atoms with Crippen molar-refractivity contribution in [2.24, 2.45) is 17.4 Å². The van der Waals surface area contributed by atoms with E-state index in [2.05, 4.69) is 4.74 Å². The number of carbonyl (C=O) groups is 3. The molecule has 2 amide bonds. The SMILES string of the molecule is NC(=O)/C=C/CCCC(=O)O.NC(=O)OCC1CCOC1. The minimum absolute atomic E-state index is 0.128. The molecule has 0 saturated carbocycles. The van der Waals surface area contributed by atoms with Gasteiger partial charge in [-0.05, 0) is 25.3 Å². The van der Waals surface area contributed by atoms with Crippen LogP contribution in [0.25, 0.3) is 0 Å². The number of rotatable bonds is 7. The van der Waals surface area contributed by atoms with Crippen LogP contribution >= 0.6 is 0 Å². The highest BCUT2D eigenvalue weighted by atomic mass is 16.5. The molecule has 1 fully saturated rings. The van der Waals surface area contributed by atoms with E-state index < -0.39 is 18.0 Å². The summed E-state index contributed by atoms with van der Waals surface area (Å²) in [5, 5.41) is 8.21. The average Bonchev–Trinajstić information content (AvgIpc) is 2.89. The normalized spacial score (nSPS) is 17.0. The number of unbranched alkanes of at least 4 members (excludes halogenated alkanes) is 1. The summed E-state index contributed by atoms with van der Waals surface area (Å²) in [6.45, 7) is 1.86. The van der Waals surface area contributed by atoms with Crippen LogP contribution in [0, 0.1) is 5.92 Å². The van der Waals surface area contributed by atoms with Gasteiger partial charge in [-0.1, -0.05) is 6.08 Å². The van der Waals surface area contributed by atoms with Crippen LogP contribution in [0.4, 0.5) is 4.79 Å². The van der Waals surface area contributed by atoms with Gasteiger partial charge in [-0.2, -0.15) is 0 Å². The Kier molecular flexibility index (Phi) is 10.5. The molecule has 0 aromatic carbocycles. The Bertz CT molecular complexity index is 364. The van der Waals surface area contributed by atoms with Crippen LogP contribution in [0.1, 0.15) is 25.7 Å². The summed E-state index contributed by atoms with van der Waals surface area (Å²) in [6.07, 6.45) is 4.32. The van der Waals surface area contributed by atoms with Crippen LogP contribution < -0.4 is 11.5 Å². The Morgan fingerprint density at radius 2 is 2.05 bits per heavy atom. The molecule has 0 aliphatic carbocycles. The first-order valence-corrected chi connectivity index (χ1v) is 6.59. The van der Waals surface area contributed by atoms with Gasteiger partial charge in [0.2, 0.25) is 5.91 Å². The van der Waals surface area contributed by atoms with Crippen LogP contribution in [0.3, 0.4) is 0 Å². The molecule has 8 heteroatoms. The third kappa shape index (κ3) is 14.1. The number of ether oxygens (including phenoxy) is 2. The molecule has 0 aromatic rings.